The molecule has 2 amide bonds. The number of hydrogen-bond donors (Lipinski definition) is 4. The number of nitrogens with two attached hydrogens (primary N) is 1. The van der Waals surface area contributed by atoms with Gasteiger partial charge in [-0.2, -0.15) is 0 Å². The number of hydrogen-bond acceptors (Lipinski definition) is 3. The van der Waals surface area contributed by atoms with Crippen molar-refractivity contribution in [3.63, 3.8) is 0 Å². The summed E-state index contributed by atoms with van der Waals surface area (Å²) in [4.78, 5) is 16.8. The summed E-state index contributed by atoms with van der Waals surface area (Å²) >= 11 is 0. The minimum atomic E-state index is -0.118. The van der Waals surface area contributed by atoms with Gasteiger partial charge in [0.05, 0.1) is 6.54 Å². The molecule has 7 heteroatoms. The lowest BCUT2D eigenvalue weighted by molar-refractivity contribution is 0.218. The monoisotopic (exact) mass is 228 g/mol. The second-order valence-electron chi connectivity index (χ2n) is 3.92. The summed E-state index contributed by atoms with van der Waals surface area (Å²) in [5.74, 6) is 5.89. The van der Waals surface area contributed by atoms with Crippen LogP contribution in [-0.2, 0) is 0 Å². The average Bonchev–Trinajstić information content (AvgIpc) is 3.05. The van der Waals surface area contributed by atoms with Crippen LogP contribution in [0.4, 0.5) is 4.79 Å². The maximum absolute atomic E-state index is 11.2. The van der Waals surface area contributed by atoms with Gasteiger partial charge in [0.1, 0.15) is 0 Å². The van der Waals surface area contributed by atoms with Gasteiger partial charge in [-0.3, -0.25) is 10.4 Å². The van der Waals surface area contributed by atoms with Crippen LogP contribution in [0, 0.1) is 0 Å². The molecular weight excluding hydrogens is 208 g/mol. The Morgan fingerprint density at radius 1 is 1.50 bits per heavy atom. The molecule has 0 aromatic rings. The standard InChI is InChI=1S/C9H20N6O/c1-15(2)9(16)12-6-5-11-8(14-10)13-7-3-4-7/h7H,3-6,10H2,1-2H3,(H,12,16)(H2,11,13,14). The van der Waals surface area contributed by atoms with Gasteiger partial charge in [-0.15, -0.1) is 0 Å². The van der Waals surface area contributed by atoms with Crippen LogP contribution in [0.1, 0.15) is 12.8 Å². The molecule has 1 rings (SSSR count). The van der Waals surface area contributed by atoms with Crippen molar-refractivity contribution in [1.29, 1.82) is 0 Å². The van der Waals surface area contributed by atoms with Crippen LogP contribution < -0.4 is 21.9 Å². The van der Waals surface area contributed by atoms with Gasteiger partial charge in [0.15, 0.2) is 0 Å². The molecule has 0 bridgehead atoms. The third-order valence-electron chi connectivity index (χ3n) is 2.12. The molecule has 7 nitrogen and oxygen atoms in total. The first kappa shape index (κ1) is 12.6. The van der Waals surface area contributed by atoms with Crippen molar-refractivity contribution in [2.75, 3.05) is 27.2 Å². The normalized spacial score (nSPS) is 15.6. The first-order chi connectivity index (χ1) is 7.63. The summed E-state index contributed by atoms with van der Waals surface area (Å²) < 4.78 is 0. The molecule has 0 aromatic heterocycles. The fourth-order valence-electron chi connectivity index (χ4n) is 1.04. The molecule has 1 saturated carbocycles. The molecule has 92 valence electrons. The molecule has 0 radical (unpaired) electrons. The van der Waals surface area contributed by atoms with E-state index in [2.05, 4.69) is 21.1 Å². The maximum atomic E-state index is 11.2. The van der Waals surface area contributed by atoms with Crippen molar-refractivity contribution in [1.82, 2.24) is 21.0 Å². The number of amides is 2. The molecule has 0 unspecified atom stereocenters. The fourth-order valence-corrected chi connectivity index (χ4v) is 1.04. The van der Waals surface area contributed by atoms with Gasteiger partial charge in [0.25, 0.3) is 0 Å². The van der Waals surface area contributed by atoms with Crippen LogP contribution in [0.15, 0.2) is 4.99 Å². The van der Waals surface area contributed by atoms with E-state index in [-0.39, 0.29) is 6.03 Å². The number of carbonyl (C=O) groups is 1. The minimum Gasteiger partial charge on any atom is -0.353 e. The van der Waals surface area contributed by atoms with Gasteiger partial charge in [-0.05, 0) is 12.8 Å². The van der Waals surface area contributed by atoms with Crippen molar-refractivity contribution in [2.24, 2.45) is 10.8 Å². The van der Waals surface area contributed by atoms with E-state index in [0.29, 0.717) is 25.1 Å². The predicted molar refractivity (Wildman–Crippen MR) is 62.9 cm³/mol. The summed E-state index contributed by atoms with van der Waals surface area (Å²) in [6, 6.07) is 0.388. The zero-order chi connectivity index (χ0) is 12.0. The summed E-state index contributed by atoms with van der Waals surface area (Å²) in [6.45, 7) is 0.993. The Morgan fingerprint density at radius 3 is 2.69 bits per heavy atom. The molecule has 0 aromatic carbocycles. The van der Waals surface area contributed by atoms with Crippen LogP contribution in [0.3, 0.4) is 0 Å². The van der Waals surface area contributed by atoms with E-state index in [0.717, 1.165) is 12.8 Å². The second-order valence-corrected chi connectivity index (χ2v) is 3.92. The maximum Gasteiger partial charge on any atom is 0.316 e. The highest BCUT2D eigenvalue weighted by Gasteiger charge is 2.21. The van der Waals surface area contributed by atoms with Gasteiger partial charge in [0.2, 0.25) is 5.96 Å². The van der Waals surface area contributed by atoms with E-state index in [4.69, 9.17) is 5.84 Å². The molecule has 1 fully saturated rings. The first-order valence-corrected chi connectivity index (χ1v) is 5.36. The molecule has 5 N–H and O–H groups in total. The fraction of sp³-hybridized carbons (Fsp3) is 0.778. The second kappa shape index (κ2) is 6.16. The van der Waals surface area contributed by atoms with Crippen molar-refractivity contribution >= 4 is 12.0 Å². The van der Waals surface area contributed by atoms with E-state index in [1.807, 2.05) is 0 Å². The topological polar surface area (TPSA) is 94.8 Å². The third kappa shape index (κ3) is 4.83. The molecule has 0 atom stereocenters. The van der Waals surface area contributed by atoms with Crippen LogP contribution in [0.2, 0.25) is 0 Å². The zero-order valence-corrected chi connectivity index (χ0v) is 9.79. The average molecular weight is 228 g/mol. The molecule has 0 aliphatic heterocycles. The van der Waals surface area contributed by atoms with Gasteiger partial charge in [0, 0.05) is 26.7 Å². The first-order valence-electron chi connectivity index (χ1n) is 5.36. The zero-order valence-electron chi connectivity index (χ0n) is 9.79. The Morgan fingerprint density at radius 2 is 2.19 bits per heavy atom. The van der Waals surface area contributed by atoms with E-state index < -0.39 is 0 Å². The van der Waals surface area contributed by atoms with Crippen LogP contribution in [0.5, 0.6) is 0 Å². The van der Waals surface area contributed by atoms with Crippen LogP contribution in [0.25, 0.3) is 0 Å². The lowest BCUT2D eigenvalue weighted by Gasteiger charge is -2.11. The Bertz CT molecular complexity index is 261. The van der Waals surface area contributed by atoms with Crippen LogP contribution >= 0.6 is 0 Å². The predicted octanol–water partition coefficient (Wildman–Crippen LogP) is -1.17. The summed E-state index contributed by atoms with van der Waals surface area (Å²) in [6.07, 6.45) is 2.33. The molecular formula is C9H20N6O. The summed E-state index contributed by atoms with van der Waals surface area (Å²) in [5, 5.41) is 5.86. The van der Waals surface area contributed by atoms with Crippen molar-refractivity contribution in [2.45, 2.75) is 18.9 Å². The molecule has 1 aliphatic carbocycles. The van der Waals surface area contributed by atoms with Crippen molar-refractivity contribution in [3.8, 4) is 0 Å². The highest BCUT2D eigenvalue weighted by Crippen LogP contribution is 2.18. The molecule has 0 saturated heterocycles. The highest BCUT2D eigenvalue weighted by atomic mass is 16.2. The number of hydrazine groups is 1. The summed E-state index contributed by atoms with van der Waals surface area (Å²) in [7, 11) is 3.39. The number of guanidine groups is 1. The smallest absolute Gasteiger partial charge is 0.316 e. The minimum absolute atomic E-state index is 0.118. The van der Waals surface area contributed by atoms with E-state index in [1.165, 1.54) is 4.90 Å². The quantitative estimate of drug-likeness (QED) is 0.160. The Kier molecular flexibility index (Phi) is 4.84. The van der Waals surface area contributed by atoms with E-state index >= 15 is 0 Å². The largest absolute Gasteiger partial charge is 0.353 e. The van der Waals surface area contributed by atoms with Gasteiger partial charge in [-0.25, -0.2) is 10.6 Å². The Balaban J connectivity index is 2.15. The lowest BCUT2D eigenvalue weighted by Crippen LogP contribution is -2.43. The van der Waals surface area contributed by atoms with Crippen molar-refractivity contribution in [3.05, 3.63) is 0 Å². The van der Waals surface area contributed by atoms with E-state index in [1.54, 1.807) is 14.1 Å². The molecule has 16 heavy (non-hydrogen) atoms. The Labute approximate surface area is 95.4 Å². The number of carbonyl (C=O) groups excluding carboxylic acids is 1. The highest BCUT2D eigenvalue weighted by molar-refractivity contribution is 5.79. The molecule has 1 aliphatic rings. The molecule has 0 spiro atoms. The van der Waals surface area contributed by atoms with Gasteiger partial charge < -0.3 is 15.5 Å². The van der Waals surface area contributed by atoms with Gasteiger partial charge in [-0.1, -0.05) is 0 Å². The number of rotatable bonds is 4. The van der Waals surface area contributed by atoms with Gasteiger partial charge >= 0.3 is 6.03 Å². The SMILES string of the molecule is CN(C)C(=O)NCCN=C(NN)NC1CC1. The third-order valence-corrected chi connectivity index (χ3v) is 2.12. The number of urea groups is 1. The van der Waals surface area contributed by atoms with Crippen LogP contribution in [-0.4, -0.2) is 50.1 Å². The number of nitrogens with one attached hydrogen (secondary N) is 3. The Hall–Kier alpha value is -1.50. The summed E-state index contributed by atoms with van der Waals surface area (Å²) in [5.41, 5.74) is 2.50. The number of aliphatic imine (C=N–C) groups is 1. The van der Waals surface area contributed by atoms with E-state index in [9.17, 15) is 4.79 Å². The lowest BCUT2D eigenvalue weighted by atomic mass is 10.6. The number of nitrogens with zero attached hydrogens (tertiary/aromatic N) is 2. The van der Waals surface area contributed by atoms with Crippen molar-refractivity contribution < 1.29 is 4.79 Å². The molecule has 0 heterocycles.